The highest BCUT2D eigenvalue weighted by Crippen LogP contribution is 2.20. The number of rotatable bonds is 9. The first-order valence-electron chi connectivity index (χ1n) is 11.0. The molecule has 2 aromatic carbocycles. The van der Waals surface area contributed by atoms with Gasteiger partial charge in [0.2, 0.25) is 5.91 Å². The second kappa shape index (κ2) is 12.0. The van der Waals surface area contributed by atoms with E-state index < -0.39 is 0 Å². The normalized spacial score (nSPS) is 10.8. The zero-order valence-corrected chi connectivity index (χ0v) is 21.7. The maximum Gasteiger partial charge on any atom is 0.322 e. The quantitative estimate of drug-likeness (QED) is 0.343. The predicted molar refractivity (Wildman–Crippen MR) is 139 cm³/mol. The van der Waals surface area contributed by atoms with E-state index in [1.54, 1.807) is 16.2 Å². The lowest BCUT2D eigenvalue weighted by molar-refractivity contribution is -0.133. The molecule has 0 atom stereocenters. The molecular weight excluding hydrogens is 498 g/mol. The SMILES string of the molecule is Cc1ccc(CN(Cc2ccccc2)C(=O)CN(CC(C)C)C(=O)Nc2cccc(Br)c2)s1. The van der Waals surface area contributed by atoms with Gasteiger partial charge in [-0.25, -0.2) is 4.79 Å². The van der Waals surface area contributed by atoms with Crippen LogP contribution in [0.1, 0.15) is 29.2 Å². The van der Waals surface area contributed by atoms with Crippen molar-refractivity contribution in [2.75, 3.05) is 18.4 Å². The van der Waals surface area contributed by atoms with E-state index >= 15 is 0 Å². The molecule has 0 saturated heterocycles. The number of hydrogen-bond acceptors (Lipinski definition) is 3. The van der Waals surface area contributed by atoms with Crippen LogP contribution in [0.2, 0.25) is 0 Å². The Morgan fingerprint density at radius 1 is 0.970 bits per heavy atom. The first-order valence-corrected chi connectivity index (χ1v) is 12.6. The van der Waals surface area contributed by atoms with Gasteiger partial charge in [0.25, 0.3) is 0 Å². The number of amides is 3. The molecule has 174 valence electrons. The van der Waals surface area contributed by atoms with Crippen molar-refractivity contribution in [1.29, 1.82) is 0 Å². The molecule has 1 N–H and O–H groups in total. The maximum absolute atomic E-state index is 13.5. The van der Waals surface area contributed by atoms with Gasteiger partial charge in [-0.2, -0.15) is 0 Å². The summed E-state index contributed by atoms with van der Waals surface area (Å²) in [5, 5.41) is 2.92. The van der Waals surface area contributed by atoms with Crippen LogP contribution in [0.5, 0.6) is 0 Å². The molecule has 1 heterocycles. The molecule has 0 unspecified atom stereocenters. The fourth-order valence-electron chi connectivity index (χ4n) is 3.49. The lowest BCUT2D eigenvalue weighted by atomic mass is 10.2. The second-order valence-electron chi connectivity index (χ2n) is 8.46. The first kappa shape index (κ1) is 25.0. The average Bonchev–Trinajstić information content (AvgIpc) is 3.18. The number of aryl methyl sites for hydroxylation is 1. The van der Waals surface area contributed by atoms with E-state index in [2.05, 4.69) is 40.3 Å². The van der Waals surface area contributed by atoms with Gasteiger partial charge in [0, 0.05) is 33.0 Å². The van der Waals surface area contributed by atoms with Crippen molar-refractivity contribution in [2.45, 2.75) is 33.9 Å². The van der Waals surface area contributed by atoms with Crippen molar-refractivity contribution < 1.29 is 9.59 Å². The highest BCUT2D eigenvalue weighted by molar-refractivity contribution is 9.10. The molecule has 0 aliphatic rings. The van der Waals surface area contributed by atoms with Crippen molar-refractivity contribution in [2.24, 2.45) is 5.92 Å². The molecule has 3 rings (SSSR count). The summed E-state index contributed by atoms with van der Waals surface area (Å²) in [6.45, 7) is 7.68. The Morgan fingerprint density at radius 2 is 1.73 bits per heavy atom. The summed E-state index contributed by atoms with van der Waals surface area (Å²) in [6.07, 6.45) is 0. The molecule has 5 nitrogen and oxygen atoms in total. The molecule has 3 aromatic rings. The van der Waals surface area contributed by atoms with Gasteiger partial charge < -0.3 is 15.1 Å². The lowest BCUT2D eigenvalue weighted by Crippen LogP contribution is -2.45. The summed E-state index contributed by atoms with van der Waals surface area (Å²) in [6, 6.07) is 21.3. The van der Waals surface area contributed by atoms with Crippen LogP contribution < -0.4 is 5.32 Å². The summed E-state index contributed by atoms with van der Waals surface area (Å²) in [7, 11) is 0. The van der Waals surface area contributed by atoms with E-state index in [0.29, 0.717) is 25.3 Å². The van der Waals surface area contributed by atoms with Gasteiger partial charge in [-0.15, -0.1) is 11.3 Å². The number of urea groups is 1. The van der Waals surface area contributed by atoms with Crippen LogP contribution in [-0.2, 0) is 17.9 Å². The standard InChI is InChI=1S/C26H30BrN3O2S/c1-19(2)15-30(26(32)28-23-11-7-10-22(27)14-23)18-25(31)29(16-21-8-5-4-6-9-21)17-24-13-12-20(3)33-24/h4-14,19H,15-18H2,1-3H3,(H,28,32). The predicted octanol–water partition coefficient (Wildman–Crippen LogP) is 6.54. The summed E-state index contributed by atoms with van der Waals surface area (Å²) in [4.78, 5) is 32.3. The van der Waals surface area contributed by atoms with Gasteiger partial charge in [-0.05, 0) is 48.7 Å². The molecule has 0 saturated carbocycles. The minimum atomic E-state index is -0.276. The Hall–Kier alpha value is -2.64. The number of thiophene rings is 1. The lowest BCUT2D eigenvalue weighted by Gasteiger charge is -2.29. The summed E-state index contributed by atoms with van der Waals surface area (Å²) >= 11 is 5.12. The Morgan fingerprint density at radius 3 is 2.36 bits per heavy atom. The Bertz CT molecular complexity index is 1070. The van der Waals surface area contributed by atoms with Crippen LogP contribution in [0.25, 0.3) is 0 Å². The minimum Gasteiger partial charge on any atom is -0.332 e. The fraction of sp³-hybridized carbons (Fsp3) is 0.308. The summed E-state index contributed by atoms with van der Waals surface area (Å²) in [5.41, 5.74) is 1.75. The minimum absolute atomic E-state index is 0.0230. The van der Waals surface area contributed by atoms with Crippen molar-refractivity contribution in [1.82, 2.24) is 9.80 Å². The number of nitrogens with zero attached hydrogens (tertiary/aromatic N) is 2. The molecule has 1 aromatic heterocycles. The number of carbonyl (C=O) groups is 2. The highest BCUT2D eigenvalue weighted by Gasteiger charge is 2.23. The molecule has 0 bridgehead atoms. The van der Waals surface area contributed by atoms with Crippen molar-refractivity contribution >= 4 is 44.9 Å². The van der Waals surface area contributed by atoms with E-state index in [9.17, 15) is 9.59 Å². The van der Waals surface area contributed by atoms with Crippen LogP contribution in [0.3, 0.4) is 0 Å². The van der Waals surface area contributed by atoms with E-state index in [1.165, 1.54) is 4.88 Å². The van der Waals surface area contributed by atoms with Crippen molar-refractivity contribution in [3.8, 4) is 0 Å². The Balaban J connectivity index is 1.76. The van der Waals surface area contributed by atoms with Gasteiger partial charge in [0.1, 0.15) is 6.54 Å². The van der Waals surface area contributed by atoms with Gasteiger partial charge >= 0.3 is 6.03 Å². The third-order valence-electron chi connectivity index (χ3n) is 4.99. The largest absolute Gasteiger partial charge is 0.332 e. The molecule has 0 spiro atoms. The van der Waals surface area contributed by atoms with Crippen LogP contribution in [0, 0.1) is 12.8 Å². The van der Waals surface area contributed by atoms with E-state index in [1.807, 2.05) is 73.3 Å². The van der Waals surface area contributed by atoms with E-state index in [0.717, 1.165) is 14.9 Å². The topological polar surface area (TPSA) is 52.7 Å². The number of anilines is 1. The van der Waals surface area contributed by atoms with Gasteiger partial charge in [0.05, 0.1) is 6.54 Å². The number of nitrogens with one attached hydrogen (secondary N) is 1. The van der Waals surface area contributed by atoms with Gasteiger partial charge in [-0.1, -0.05) is 66.2 Å². The van der Waals surface area contributed by atoms with E-state index in [-0.39, 0.29) is 24.4 Å². The monoisotopic (exact) mass is 527 g/mol. The zero-order valence-electron chi connectivity index (χ0n) is 19.3. The molecule has 33 heavy (non-hydrogen) atoms. The van der Waals surface area contributed by atoms with Crippen molar-refractivity contribution in [3.63, 3.8) is 0 Å². The number of halogens is 1. The fourth-order valence-corrected chi connectivity index (χ4v) is 4.79. The molecule has 0 fully saturated rings. The second-order valence-corrected chi connectivity index (χ2v) is 10.8. The Labute approximate surface area is 208 Å². The number of carbonyl (C=O) groups excluding carboxylic acids is 2. The van der Waals surface area contributed by atoms with E-state index in [4.69, 9.17) is 0 Å². The van der Waals surface area contributed by atoms with Crippen molar-refractivity contribution in [3.05, 3.63) is 86.5 Å². The van der Waals surface area contributed by atoms with Gasteiger partial charge in [0.15, 0.2) is 0 Å². The smallest absolute Gasteiger partial charge is 0.322 e. The first-order chi connectivity index (χ1) is 15.8. The average molecular weight is 529 g/mol. The zero-order chi connectivity index (χ0) is 23.8. The summed E-state index contributed by atoms with van der Waals surface area (Å²) < 4.78 is 0.882. The maximum atomic E-state index is 13.5. The van der Waals surface area contributed by atoms with Crippen LogP contribution >= 0.6 is 27.3 Å². The molecule has 0 aliphatic heterocycles. The number of hydrogen-bond donors (Lipinski definition) is 1. The van der Waals surface area contributed by atoms with Crippen LogP contribution in [-0.4, -0.2) is 34.8 Å². The number of benzene rings is 2. The van der Waals surface area contributed by atoms with Gasteiger partial charge in [-0.3, -0.25) is 4.79 Å². The molecular formula is C26H30BrN3O2S. The van der Waals surface area contributed by atoms with Crippen LogP contribution in [0.4, 0.5) is 10.5 Å². The third kappa shape index (κ3) is 8.02. The molecule has 0 aliphatic carbocycles. The van der Waals surface area contributed by atoms with Crippen LogP contribution in [0.15, 0.2) is 71.2 Å². The summed E-state index contributed by atoms with van der Waals surface area (Å²) in [5.74, 6) is 0.156. The molecule has 3 amide bonds. The molecule has 0 radical (unpaired) electrons. The highest BCUT2D eigenvalue weighted by atomic mass is 79.9. The Kier molecular flexibility index (Phi) is 9.09. The molecule has 7 heteroatoms. The third-order valence-corrected chi connectivity index (χ3v) is 6.47.